The van der Waals surface area contributed by atoms with Crippen molar-refractivity contribution in [1.82, 2.24) is 0 Å². The molecule has 3 heterocycles. The molecule has 0 aliphatic carbocycles. The summed E-state index contributed by atoms with van der Waals surface area (Å²) >= 11 is 11.8. The molecule has 52 heavy (non-hydrogen) atoms. The highest BCUT2D eigenvalue weighted by Gasteiger charge is 2.61. The highest BCUT2D eigenvalue weighted by molar-refractivity contribution is 6.52. The molecule has 4 aromatic carbocycles. The van der Waals surface area contributed by atoms with Gasteiger partial charge in [-0.05, 0) is 49.2 Å². The van der Waals surface area contributed by atoms with E-state index in [2.05, 4.69) is 5.32 Å². The van der Waals surface area contributed by atoms with Crippen molar-refractivity contribution < 1.29 is 38.6 Å². The number of aliphatic hydroxyl groups excluding tert-OH is 1. The van der Waals surface area contributed by atoms with Crippen molar-refractivity contribution in [2.45, 2.75) is 38.7 Å². The maximum absolute atomic E-state index is 13.2. The number of ether oxygens (including phenoxy) is 1. The Morgan fingerprint density at radius 3 is 2.00 bits per heavy atom. The summed E-state index contributed by atoms with van der Waals surface area (Å²) < 4.78 is 5.67. The summed E-state index contributed by atoms with van der Waals surface area (Å²) in [5.41, 5.74) is 2.39. The molecule has 7 rings (SSSR count). The lowest BCUT2D eigenvalue weighted by atomic mass is 9.80. The van der Waals surface area contributed by atoms with E-state index < -0.39 is 17.3 Å². The van der Waals surface area contributed by atoms with Gasteiger partial charge >= 0.3 is 0 Å². The van der Waals surface area contributed by atoms with Crippen LogP contribution in [0.3, 0.4) is 0 Å². The average Bonchev–Trinajstić information content (AvgIpc) is 3.57. The Morgan fingerprint density at radius 2 is 1.44 bits per heavy atom. The number of Topliss-reactive ketones (excluding diaryl/α,β-unsaturated/α-hetero) is 3. The normalized spacial score (nSPS) is 15.8. The Labute approximate surface area is 311 Å². The quantitative estimate of drug-likeness (QED) is 0.0821. The molecule has 1 spiro atoms. The van der Waals surface area contributed by atoms with Crippen molar-refractivity contribution >= 4 is 70.0 Å². The molecule has 2 N–H and O–H groups in total. The van der Waals surface area contributed by atoms with Crippen molar-refractivity contribution in [2.24, 2.45) is 0 Å². The SMILES string of the molecule is CCCN1C(=O)[C@@]2(OC=C2C(=O)c2ccccc2)c2cc(Cl)ccc21.CCCO.O=C1Nc2ccc(Cl)cc2C1=O.O=CCC(=O)c1ccccc1. The van der Waals surface area contributed by atoms with Gasteiger partial charge in [0.2, 0.25) is 5.60 Å². The van der Waals surface area contributed by atoms with Gasteiger partial charge in [-0.1, -0.05) is 97.7 Å². The summed E-state index contributed by atoms with van der Waals surface area (Å²) in [5, 5.41) is 11.3. The van der Waals surface area contributed by atoms with E-state index in [1.807, 2.05) is 32.0 Å². The fourth-order valence-electron chi connectivity index (χ4n) is 5.39. The fourth-order valence-corrected chi connectivity index (χ4v) is 5.73. The van der Waals surface area contributed by atoms with E-state index in [0.29, 0.717) is 63.0 Å². The van der Waals surface area contributed by atoms with Crippen LogP contribution in [0.1, 0.15) is 69.7 Å². The molecule has 0 radical (unpaired) electrons. The third kappa shape index (κ3) is 8.54. The van der Waals surface area contributed by atoms with Gasteiger partial charge in [-0.3, -0.25) is 24.0 Å². The van der Waals surface area contributed by atoms with Crippen LogP contribution in [0, 0.1) is 0 Å². The number of aldehydes is 1. The van der Waals surface area contributed by atoms with E-state index in [1.54, 1.807) is 77.7 Å². The molecule has 0 bridgehead atoms. The highest BCUT2D eigenvalue weighted by atomic mass is 35.5. The van der Waals surface area contributed by atoms with Crippen molar-refractivity contribution in [3.63, 3.8) is 0 Å². The number of carbonyl (C=O) groups is 6. The summed E-state index contributed by atoms with van der Waals surface area (Å²) in [7, 11) is 0. The minimum absolute atomic E-state index is 0.0238. The summed E-state index contributed by atoms with van der Waals surface area (Å²) in [4.78, 5) is 70.7. The van der Waals surface area contributed by atoms with Crippen molar-refractivity contribution in [3.8, 4) is 0 Å². The second kappa shape index (κ2) is 18.2. The number of rotatable bonds is 8. The zero-order chi connectivity index (χ0) is 37.8. The zero-order valence-corrected chi connectivity index (χ0v) is 29.9. The largest absolute Gasteiger partial charge is 0.474 e. The van der Waals surface area contributed by atoms with Gasteiger partial charge in [0.15, 0.2) is 11.6 Å². The number of halogens is 2. The Morgan fingerprint density at radius 1 is 0.846 bits per heavy atom. The van der Waals surface area contributed by atoms with Crippen LogP contribution in [0.15, 0.2) is 109 Å². The lowest BCUT2D eigenvalue weighted by Gasteiger charge is -2.36. The first-order valence-electron chi connectivity index (χ1n) is 16.4. The first-order chi connectivity index (χ1) is 25.0. The molecule has 12 heteroatoms. The molecule has 268 valence electrons. The number of fused-ring (bicyclic) bond motifs is 3. The van der Waals surface area contributed by atoms with E-state index in [-0.39, 0.29) is 23.9 Å². The predicted molar refractivity (Wildman–Crippen MR) is 199 cm³/mol. The number of benzene rings is 4. The Bertz CT molecular complexity index is 2000. The van der Waals surface area contributed by atoms with Crippen LogP contribution in [0.2, 0.25) is 10.0 Å². The van der Waals surface area contributed by atoms with Crippen LogP contribution >= 0.6 is 23.2 Å². The topological polar surface area (TPSA) is 147 Å². The molecular weight excluding hydrogens is 707 g/mol. The zero-order valence-electron chi connectivity index (χ0n) is 28.4. The van der Waals surface area contributed by atoms with E-state index >= 15 is 0 Å². The van der Waals surface area contributed by atoms with Gasteiger partial charge in [0.25, 0.3) is 17.6 Å². The second-order valence-corrected chi connectivity index (χ2v) is 12.4. The monoisotopic (exact) mass is 742 g/mol. The number of amides is 2. The number of anilines is 2. The maximum Gasteiger partial charge on any atom is 0.296 e. The van der Waals surface area contributed by atoms with Crippen LogP contribution < -0.4 is 10.2 Å². The molecule has 0 aromatic heterocycles. The molecule has 0 unspecified atom stereocenters. The maximum atomic E-state index is 13.2. The van der Waals surface area contributed by atoms with Crippen molar-refractivity contribution in [2.75, 3.05) is 23.4 Å². The minimum Gasteiger partial charge on any atom is -0.474 e. The Hall–Kier alpha value is -5.42. The summed E-state index contributed by atoms with van der Waals surface area (Å²) in [5.74, 6) is -1.67. The van der Waals surface area contributed by atoms with E-state index in [1.165, 1.54) is 12.3 Å². The lowest BCUT2D eigenvalue weighted by molar-refractivity contribution is -0.137. The molecule has 3 aliphatic rings. The summed E-state index contributed by atoms with van der Waals surface area (Å²) in [6.45, 7) is 4.81. The number of nitrogens with one attached hydrogen (secondary N) is 1. The summed E-state index contributed by atoms with van der Waals surface area (Å²) in [6.07, 6.45) is 3.66. The van der Waals surface area contributed by atoms with Gasteiger partial charge in [-0.15, -0.1) is 0 Å². The van der Waals surface area contributed by atoms with Gasteiger partial charge in [0, 0.05) is 39.9 Å². The van der Waals surface area contributed by atoms with Gasteiger partial charge in [-0.25, -0.2) is 0 Å². The fraction of sp³-hybridized carbons (Fsp3) is 0.200. The third-order valence-corrected chi connectivity index (χ3v) is 8.37. The molecule has 10 nitrogen and oxygen atoms in total. The minimum atomic E-state index is -1.37. The van der Waals surface area contributed by atoms with Gasteiger partial charge < -0.3 is 24.9 Å². The third-order valence-electron chi connectivity index (χ3n) is 7.90. The lowest BCUT2D eigenvalue weighted by Crippen LogP contribution is -2.49. The number of hydrogen-bond donors (Lipinski definition) is 2. The number of hydrogen-bond acceptors (Lipinski definition) is 8. The van der Waals surface area contributed by atoms with E-state index in [4.69, 9.17) is 33.0 Å². The number of carbonyl (C=O) groups excluding carboxylic acids is 6. The van der Waals surface area contributed by atoms with Crippen LogP contribution in [0.25, 0.3) is 0 Å². The number of aliphatic hydroxyl groups is 1. The van der Waals surface area contributed by atoms with E-state index in [9.17, 15) is 28.8 Å². The summed E-state index contributed by atoms with van der Waals surface area (Å²) in [6, 6.07) is 27.7. The number of ketones is 3. The molecule has 1 atom stereocenters. The van der Waals surface area contributed by atoms with Gasteiger partial charge in [0.1, 0.15) is 6.29 Å². The van der Waals surface area contributed by atoms with Crippen LogP contribution in [0.4, 0.5) is 11.4 Å². The molecule has 3 aliphatic heterocycles. The van der Waals surface area contributed by atoms with Crippen LogP contribution in [-0.4, -0.2) is 53.7 Å². The molecule has 2 amide bonds. The average molecular weight is 744 g/mol. The molecule has 4 aromatic rings. The molecule has 0 saturated heterocycles. The number of nitrogens with zero attached hydrogens (tertiary/aromatic N) is 1. The molecule has 0 saturated carbocycles. The standard InChI is InChI=1S/C20H16ClNO3.C9H8O2.C8H4ClNO2.C3H8O/c1-2-10-22-17-9-8-14(21)11-15(17)20(19(22)24)16(12-25-20)18(23)13-6-4-3-5-7-13;10-7-6-9(11)8-4-2-1-3-5-8;9-4-1-2-6-5(3-4)7(11)8(12)10-6;1-2-3-4/h3-9,11-12H,2,10H2,1H3;1-5,7H,6H2;1-3H,(H,10,11,12);4H,2-3H2,1H3/t20-;;;/m1.../s1. The van der Waals surface area contributed by atoms with Gasteiger partial charge in [-0.2, -0.15) is 0 Å². The van der Waals surface area contributed by atoms with Crippen LogP contribution in [0.5, 0.6) is 0 Å². The van der Waals surface area contributed by atoms with E-state index in [0.717, 1.165) is 18.5 Å². The first kappa shape index (κ1) is 39.4. The molecular formula is C40H36Cl2N2O8. The molecule has 0 fully saturated rings. The van der Waals surface area contributed by atoms with Crippen molar-refractivity contribution in [1.29, 1.82) is 0 Å². The van der Waals surface area contributed by atoms with Crippen LogP contribution in [-0.2, 0) is 24.7 Å². The van der Waals surface area contributed by atoms with Gasteiger partial charge in [0.05, 0.1) is 35.2 Å². The second-order valence-electron chi connectivity index (χ2n) is 11.5. The smallest absolute Gasteiger partial charge is 0.296 e. The Kier molecular flexibility index (Phi) is 13.8. The van der Waals surface area contributed by atoms with Crippen molar-refractivity contribution in [3.05, 3.63) is 141 Å². The highest BCUT2D eigenvalue weighted by Crippen LogP contribution is 2.53. The predicted octanol–water partition coefficient (Wildman–Crippen LogP) is 7.41. The Balaban J connectivity index is 0.000000186. The first-order valence-corrected chi connectivity index (χ1v) is 17.2.